The zero-order valence-corrected chi connectivity index (χ0v) is 16.8. The Morgan fingerprint density at radius 3 is 2.74 bits per heavy atom. The maximum Gasteiger partial charge on any atom is 0.388 e. The molecular weight excluding hydrogens is 414 g/mol. The Bertz CT molecular complexity index is 1210. The number of halogens is 2. The summed E-state index contributed by atoms with van der Waals surface area (Å²) in [5.74, 6) is -1.27. The molecule has 31 heavy (non-hydrogen) atoms. The van der Waals surface area contributed by atoms with Crippen molar-refractivity contribution in [2.75, 3.05) is 13.7 Å². The van der Waals surface area contributed by atoms with Gasteiger partial charge in [-0.3, -0.25) is 4.79 Å². The van der Waals surface area contributed by atoms with Crippen molar-refractivity contribution < 1.29 is 27.9 Å². The van der Waals surface area contributed by atoms with Gasteiger partial charge < -0.3 is 14.3 Å². The van der Waals surface area contributed by atoms with Crippen molar-refractivity contribution in [3.63, 3.8) is 0 Å². The van der Waals surface area contributed by atoms with Gasteiger partial charge in [-0.05, 0) is 26.0 Å². The van der Waals surface area contributed by atoms with Crippen LogP contribution in [0.4, 0.5) is 8.78 Å². The lowest BCUT2D eigenvalue weighted by Gasteiger charge is -2.14. The molecule has 0 atom stereocenters. The molecule has 11 heteroatoms. The van der Waals surface area contributed by atoms with E-state index in [1.807, 2.05) is 0 Å². The number of esters is 1. The molecule has 9 nitrogen and oxygen atoms in total. The molecule has 0 fully saturated rings. The fraction of sp³-hybridized carbons (Fsp3) is 0.250. The second-order valence-electron chi connectivity index (χ2n) is 6.10. The summed E-state index contributed by atoms with van der Waals surface area (Å²) < 4.78 is 35.8. The van der Waals surface area contributed by atoms with E-state index in [-0.39, 0.29) is 23.6 Å². The molecule has 2 heterocycles. The highest BCUT2D eigenvalue weighted by molar-refractivity contribution is 6.09. The summed E-state index contributed by atoms with van der Waals surface area (Å²) in [7, 11) is 1.36. The van der Waals surface area contributed by atoms with Crippen molar-refractivity contribution in [3.8, 4) is 11.6 Å². The number of ether oxygens (including phenoxy) is 2. The van der Waals surface area contributed by atoms with E-state index in [0.29, 0.717) is 16.8 Å². The summed E-state index contributed by atoms with van der Waals surface area (Å²) in [5.41, 5.74) is 0.192. The van der Waals surface area contributed by atoms with E-state index in [1.54, 1.807) is 32.0 Å². The molecule has 3 aromatic rings. The molecule has 0 saturated carbocycles. The van der Waals surface area contributed by atoms with Crippen molar-refractivity contribution >= 4 is 22.6 Å². The zero-order valence-electron chi connectivity index (χ0n) is 16.8. The maximum absolute atomic E-state index is 13.2. The summed E-state index contributed by atoms with van der Waals surface area (Å²) in [5, 5.41) is 8.14. The van der Waals surface area contributed by atoms with E-state index in [4.69, 9.17) is 9.57 Å². The van der Waals surface area contributed by atoms with Gasteiger partial charge in [-0.2, -0.15) is 13.9 Å². The van der Waals surface area contributed by atoms with E-state index in [1.165, 1.54) is 30.1 Å². The number of benzene rings is 1. The van der Waals surface area contributed by atoms with Crippen LogP contribution >= 0.6 is 0 Å². The first-order valence-electron chi connectivity index (χ1n) is 9.09. The number of carbonyl (C=O) groups is 1. The van der Waals surface area contributed by atoms with Crippen molar-refractivity contribution in [2.45, 2.75) is 20.5 Å². The molecule has 0 aliphatic heterocycles. The molecule has 0 saturated heterocycles. The minimum absolute atomic E-state index is 0.0332. The SMILES string of the molecule is CCOC(=O)c1nn(-c2ccnc(OC(F)F)c2)c2cccc(/C(C)=N/OC)c2c1=O. The van der Waals surface area contributed by atoms with Crippen LogP contribution in [0.5, 0.6) is 5.88 Å². The van der Waals surface area contributed by atoms with Crippen molar-refractivity contribution in [3.05, 3.63) is 58.0 Å². The Morgan fingerprint density at radius 2 is 2.06 bits per heavy atom. The number of alkyl halides is 2. The van der Waals surface area contributed by atoms with Crippen LogP contribution in [0.25, 0.3) is 16.6 Å². The Labute approximate surface area is 174 Å². The molecule has 0 unspecified atom stereocenters. The number of hydrogen-bond donors (Lipinski definition) is 0. The predicted octanol–water partition coefficient (Wildman–Crippen LogP) is 2.93. The third-order valence-corrected chi connectivity index (χ3v) is 4.17. The second kappa shape index (κ2) is 9.28. The molecule has 0 radical (unpaired) electrons. The number of nitrogens with zero attached hydrogens (tertiary/aromatic N) is 4. The number of hydrogen-bond acceptors (Lipinski definition) is 8. The Morgan fingerprint density at radius 1 is 1.29 bits per heavy atom. The van der Waals surface area contributed by atoms with Gasteiger partial charge in [-0.15, -0.1) is 0 Å². The molecule has 2 aromatic heterocycles. The fourth-order valence-corrected chi connectivity index (χ4v) is 2.98. The fourth-order valence-electron chi connectivity index (χ4n) is 2.98. The molecule has 0 amide bonds. The highest BCUT2D eigenvalue weighted by atomic mass is 19.3. The van der Waals surface area contributed by atoms with Crippen molar-refractivity contribution in [1.82, 2.24) is 14.8 Å². The largest absolute Gasteiger partial charge is 0.461 e. The molecule has 0 bridgehead atoms. The van der Waals surface area contributed by atoms with E-state index in [9.17, 15) is 18.4 Å². The van der Waals surface area contributed by atoms with Crippen LogP contribution in [-0.2, 0) is 9.57 Å². The highest BCUT2D eigenvalue weighted by Crippen LogP contribution is 2.22. The van der Waals surface area contributed by atoms with Gasteiger partial charge in [-0.25, -0.2) is 14.5 Å². The van der Waals surface area contributed by atoms with E-state index < -0.39 is 23.7 Å². The predicted molar refractivity (Wildman–Crippen MR) is 107 cm³/mol. The molecule has 0 N–H and O–H groups in total. The van der Waals surface area contributed by atoms with Gasteiger partial charge in [0.05, 0.1) is 28.9 Å². The van der Waals surface area contributed by atoms with Gasteiger partial charge in [-0.1, -0.05) is 17.3 Å². The third kappa shape index (κ3) is 4.49. The molecule has 0 spiro atoms. The lowest BCUT2D eigenvalue weighted by molar-refractivity contribution is -0.0528. The quantitative estimate of drug-likeness (QED) is 0.321. The van der Waals surface area contributed by atoms with Crippen LogP contribution in [0, 0.1) is 0 Å². The Kier molecular flexibility index (Phi) is 6.53. The Balaban J connectivity index is 2.37. The summed E-state index contributed by atoms with van der Waals surface area (Å²) in [6.07, 6.45) is 1.24. The Hall–Kier alpha value is -3.89. The van der Waals surface area contributed by atoms with Crippen LogP contribution in [-0.4, -0.2) is 46.8 Å². The number of carbonyl (C=O) groups excluding carboxylic acids is 1. The van der Waals surface area contributed by atoms with Gasteiger partial charge in [0.2, 0.25) is 17.0 Å². The number of pyridine rings is 1. The van der Waals surface area contributed by atoms with Crippen LogP contribution < -0.4 is 10.2 Å². The van der Waals surface area contributed by atoms with Gasteiger partial charge in [0, 0.05) is 17.8 Å². The first-order chi connectivity index (χ1) is 14.9. The minimum Gasteiger partial charge on any atom is -0.461 e. The van der Waals surface area contributed by atoms with Gasteiger partial charge in [0.1, 0.15) is 7.11 Å². The number of fused-ring (bicyclic) bond motifs is 1. The number of aromatic nitrogens is 3. The van der Waals surface area contributed by atoms with Crippen molar-refractivity contribution in [2.24, 2.45) is 5.16 Å². The molecule has 0 aliphatic rings. The van der Waals surface area contributed by atoms with Gasteiger partial charge >= 0.3 is 12.6 Å². The van der Waals surface area contributed by atoms with E-state index in [2.05, 4.69) is 20.0 Å². The summed E-state index contributed by atoms with van der Waals surface area (Å²) in [6.45, 7) is 0.185. The lowest BCUT2D eigenvalue weighted by atomic mass is 10.0. The van der Waals surface area contributed by atoms with Gasteiger partial charge in [0.15, 0.2) is 0 Å². The van der Waals surface area contributed by atoms with Gasteiger partial charge in [0.25, 0.3) is 0 Å². The van der Waals surface area contributed by atoms with Crippen LogP contribution in [0.1, 0.15) is 29.9 Å². The summed E-state index contributed by atoms with van der Waals surface area (Å²) in [4.78, 5) is 34.1. The zero-order chi connectivity index (χ0) is 22.5. The smallest absolute Gasteiger partial charge is 0.388 e. The van der Waals surface area contributed by atoms with Crippen LogP contribution in [0.15, 0.2) is 46.5 Å². The molecule has 0 aliphatic carbocycles. The molecule has 162 valence electrons. The standard InChI is InChI=1S/C20H18F2N4O5/c1-4-30-19(28)17-18(27)16-13(11(2)25-29-3)6-5-7-14(16)26(24-17)12-8-9-23-15(10-12)31-20(21)22/h5-10,20H,4H2,1-3H3/b25-11+. The summed E-state index contributed by atoms with van der Waals surface area (Å²) in [6, 6.07) is 7.56. The normalized spacial score (nSPS) is 11.6. The first kappa shape index (κ1) is 21.8. The molecule has 3 rings (SSSR count). The first-order valence-corrected chi connectivity index (χ1v) is 9.09. The van der Waals surface area contributed by atoms with Crippen molar-refractivity contribution in [1.29, 1.82) is 0 Å². The monoisotopic (exact) mass is 432 g/mol. The summed E-state index contributed by atoms with van der Waals surface area (Å²) >= 11 is 0. The second-order valence-corrected chi connectivity index (χ2v) is 6.10. The molecular formula is C20H18F2N4O5. The average Bonchev–Trinajstić information content (AvgIpc) is 2.73. The molecule has 1 aromatic carbocycles. The topological polar surface area (TPSA) is 105 Å². The maximum atomic E-state index is 13.2. The highest BCUT2D eigenvalue weighted by Gasteiger charge is 2.22. The minimum atomic E-state index is -3.07. The third-order valence-electron chi connectivity index (χ3n) is 4.17. The lowest BCUT2D eigenvalue weighted by Crippen LogP contribution is -2.25. The van der Waals surface area contributed by atoms with E-state index in [0.717, 1.165) is 0 Å². The number of rotatable bonds is 7. The van der Waals surface area contributed by atoms with Crippen LogP contribution in [0.2, 0.25) is 0 Å². The average molecular weight is 432 g/mol. The number of oxime groups is 1. The van der Waals surface area contributed by atoms with Crippen LogP contribution in [0.3, 0.4) is 0 Å². The van der Waals surface area contributed by atoms with E-state index >= 15 is 0 Å².